The molecule has 1 aliphatic rings. The van der Waals surface area contributed by atoms with Crippen molar-refractivity contribution in [3.63, 3.8) is 0 Å². The van der Waals surface area contributed by atoms with Gasteiger partial charge >= 0.3 is 0 Å². The second kappa shape index (κ2) is 3.53. The molecule has 2 unspecified atom stereocenters. The first-order chi connectivity index (χ1) is 8.17. The summed E-state index contributed by atoms with van der Waals surface area (Å²) in [5.41, 5.74) is 0.724. The van der Waals surface area contributed by atoms with Crippen LogP contribution in [-0.2, 0) is 0 Å². The van der Waals surface area contributed by atoms with E-state index in [0.29, 0.717) is 0 Å². The van der Waals surface area contributed by atoms with Crippen LogP contribution in [0.4, 0.5) is 0 Å². The van der Waals surface area contributed by atoms with Gasteiger partial charge in [0, 0.05) is 0 Å². The Kier molecular flexibility index (Phi) is 2.12. The van der Waals surface area contributed by atoms with Crippen LogP contribution in [0.25, 0.3) is 11.0 Å². The molecule has 0 fully saturated rings. The number of fused-ring (bicyclic) bond motifs is 1. The largest absolute Gasteiger partial charge is 0.383 e. The van der Waals surface area contributed by atoms with E-state index >= 15 is 0 Å². The molecule has 4 heteroatoms. The third-order valence-electron chi connectivity index (χ3n) is 2.99. The molecule has 3 rings (SSSR count). The highest BCUT2D eigenvalue weighted by Gasteiger charge is 2.31. The summed E-state index contributed by atoms with van der Waals surface area (Å²) >= 11 is 0. The van der Waals surface area contributed by atoms with Crippen LogP contribution in [-0.4, -0.2) is 25.7 Å². The SMILES string of the molecule is CC1(O)C=CC=CC1n1nc2ccccc2n1. The molecule has 0 saturated carbocycles. The zero-order chi connectivity index (χ0) is 11.9. The van der Waals surface area contributed by atoms with Crippen LogP contribution < -0.4 is 0 Å². The number of hydrogen-bond acceptors (Lipinski definition) is 3. The van der Waals surface area contributed by atoms with E-state index in [1.807, 2.05) is 42.5 Å². The monoisotopic (exact) mass is 227 g/mol. The molecule has 1 heterocycles. The second-order valence-electron chi connectivity index (χ2n) is 4.42. The molecule has 1 aromatic carbocycles. The number of nitrogens with zero attached hydrogens (tertiary/aromatic N) is 3. The average molecular weight is 227 g/mol. The van der Waals surface area contributed by atoms with E-state index in [4.69, 9.17) is 0 Å². The van der Waals surface area contributed by atoms with Gasteiger partial charge < -0.3 is 5.11 Å². The minimum absolute atomic E-state index is 0.264. The van der Waals surface area contributed by atoms with Crippen LogP contribution in [0.1, 0.15) is 13.0 Å². The summed E-state index contributed by atoms with van der Waals surface area (Å²) in [4.78, 5) is 1.57. The van der Waals surface area contributed by atoms with Crippen molar-refractivity contribution in [1.82, 2.24) is 15.0 Å². The smallest absolute Gasteiger partial charge is 0.122 e. The number of aliphatic hydroxyl groups is 1. The molecule has 4 nitrogen and oxygen atoms in total. The minimum Gasteiger partial charge on any atom is -0.383 e. The lowest BCUT2D eigenvalue weighted by Crippen LogP contribution is -2.35. The maximum Gasteiger partial charge on any atom is 0.122 e. The van der Waals surface area contributed by atoms with Gasteiger partial charge in [-0.15, -0.1) is 0 Å². The molecule has 0 aliphatic heterocycles. The molecule has 0 radical (unpaired) electrons. The van der Waals surface area contributed by atoms with Crippen molar-refractivity contribution in [1.29, 1.82) is 0 Å². The fourth-order valence-electron chi connectivity index (χ4n) is 2.02. The van der Waals surface area contributed by atoms with Crippen LogP contribution in [0.2, 0.25) is 0 Å². The quantitative estimate of drug-likeness (QED) is 0.808. The summed E-state index contributed by atoms with van der Waals surface area (Å²) in [5, 5.41) is 19.1. The van der Waals surface area contributed by atoms with Gasteiger partial charge in [0.25, 0.3) is 0 Å². The first kappa shape index (κ1) is 10.2. The highest BCUT2D eigenvalue weighted by Crippen LogP contribution is 2.28. The van der Waals surface area contributed by atoms with Gasteiger partial charge in [-0.25, -0.2) is 0 Å². The molecular formula is C13H13N3O. The van der Waals surface area contributed by atoms with Crippen molar-refractivity contribution < 1.29 is 5.11 Å². The molecule has 2 aromatic rings. The van der Waals surface area contributed by atoms with Crippen molar-refractivity contribution in [3.8, 4) is 0 Å². The average Bonchev–Trinajstić information content (AvgIpc) is 2.71. The maximum absolute atomic E-state index is 10.3. The van der Waals surface area contributed by atoms with Gasteiger partial charge in [0.1, 0.15) is 22.7 Å². The number of allylic oxidation sites excluding steroid dienone is 2. The third kappa shape index (κ3) is 1.66. The van der Waals surface area contributed by atoms with Crippen molar-refractivity contribution in [2.24, 2.45) is 0 Å². The van der Waals surface area contributed by atoms with Crippen molar-refractivity contribution in [2.45, 2.75) is 18.6 Å². The maximum atomic E-state index is 10.3. The van der Waals surface area contributed by atoms with E-state index in [0.717, 1.165) is 11.0 Å². The molecule has 0 amide bonds. The zero-order valence-electron chi connectivity index (χ0n) is 9.49. The molecule has 0 saturated heterocycles. The van der Waals surface area contributed by atoms with Crippen LogP contribution >= 0.6 is 0 Å². The number of benzene rings is 1. The first-order valence-corrected chi connectivity index (χ1v) is 5.57. The molecule has 1 aromatic heterocycles. The van der Waals surface area contributed by atoms with Crippen molar-refractivity contribution >= 4 is 11.0 Å². The fraction of sp³-hybridized carbons (Fsp3) is 0.231. The predicted octanol–water partition coefficient (Wildman–Crippen LogP) is 1.85. The first-order valence-electron chi connectivity index (χ1n) is 5.57. The Morgan fingerprint density at radius 3 is 2.41 bits per heavy atom. The topological polar surface area (TPSA) is 50.9 Å². The summed E-state index contributed by atoms with van der Waals surface area (Å²) in [6.45, 7) is 1.76. The number of rotatable bonds is 1. The van der Waals surface area contributed by atoms with Gasteiger partial charge in [0.15, 0.2) is 0 Å². The van der Waals surface area contributed by atoms with Gasteiger partial charge in [-0.3, -0.25) is 0 Å². The van der Waals surface area contributed by atoms with Gasteiger partial charge in [-0.05, 0) is 19.1 Å². The Morgan fingerprint density at radius 1 is 1.18 bits per heavy atom. The van der Waals surface area contributed by atoms with Gasteiger partial charge in [-0.2, -0.15) is 15.0 Å². The molecule has 86 valence electrons. The third-order valence-corrected chi connectivity index (χ3v) is 2.99. The summed E-state index contributed by atoms with van der Waals surface area (Å²) in [5.74, 6) is 0. The zero-order valence-corrected chi connectivity index (χ0v) is 9.49. The highest BCUT2D eigenvalue weighted by molar-refractivity contribution is 5.73. The minimum atomic E-state index is -0.955. The summed E-state index contributed by atoms with van der Waals surface area (Å²) in [7, 11) is 0. The second-order valence-corrected chi connectivity index (χ2v) is 4.42. The lowest BCUT2D eigenvalue weighted by molar-refractivity contribution is 0.0598. The molecule has 17 heavy (non-hydrogen) atoms. The van der Waals surface area contributed by atoms with Crippen LogP contribution in [0.3, 0.4) is 0 Å². The van der Waals surface area contributed by atoms with E-state index < -0.39 is 5.60 Å². The molecule has 1 aliphatic carbocycles. The normalized spacial score (nSPS) is 27.8. The Bertz CT molecular complexity index is 577. The molecule has 1 N–H and O–H groups in total. The van der Waals surface area contributed by atoms with Crippen LogP contribution in [0, 0.1) is 0 Å². The molecule has 2 atom stereocenters. The lowest BCUT2D eigenvalue weighted by atomic mass is 9.93. The van der Waals surface area contributed by atoms with Crippen LogP contribution in [0.15, 0.2) is 48.6 Å². The van der Waals surface area contributed by atoms with Gasteiger partial charge in [-0.1, -0.05) is 36.4 Å². The van der Waals surface area contributed by atoms with E-state index in [-0.39, 0.29) is 6.04 Å². The van der Waals surface area contributed by atoms with E-state index in [1.165, 1.54) is 0 Å². The number of aromatic nitrogens is 3. The van der Waals surface area contributed by atoms with Gasteiger partial charge in [0.2, 0.25) is 0 Å². The van der Waals surface area contributed by atoms with Crippen molar-refractivity contribution in [2.75, 3.05) is 0 Å². The Morgan fingerprint density at radius 2 is 1.82 bits per heavy atom. The summed E-state index contributed by atoms with van der Waals surface area (Å²) in [6, 6.07) is 7.41. The Labute approximate surface area is 98.9 Å². The van der Waals surface area contributed by atoms with Gasteiger partial charge in [0.05, 0.1) is 0 Å². The predicted molar refractivity (Wildman–Crippen MR) is 65.5 cm³/mol. The molecule has 0 bridgehead atoms. The van der Waals surface area contributed by atoms with Crippen molar-refractivity contribution in [3.05, 3.63) is 48.6 Å². The highest BCUT2D eigenvalue weighted by atomic mass is 16.3. The Balaban J connectivity index is 2.09. The standard InChI is InChI=1S/C13H13N3O/c1-13(17)9-5-4-8-12(13)16-14-10-6-2-3-7-11(10)15-16/h2-9,12,17H,1H3. The van der Waals surface area contributed by atoms with E-state index in [9.17, 15) is 5.11 Å². The summed E-state index contributed by atoms with van der Waals surface area (Å²) in [6.07, 6.45) is 7.39. The Hall–Kier alpha value is -1.94. The molecular weight excluding hydrogens is 214 g/mol. The van der Waals surface area contributed by atoms with E-state index in [1.54, 1.807) is 17.8 Å². The summed E-state index contributed by atoms with van der Waals surface area (Å²) < 4.78 is 0. The van der Waals surface area contributed by atoms with Crippen LogP contribution in [0.5, 0.6) is 0 Å². The van der Waals surface area contributed by atoms with E-state index in [2.05, 4.69) is 10.2 Å². The lowest BCUT2D eigenvalue weighted by Gasteiger charge is -2.28. The fourth-order valence-corrected chi connectivity index (χ4v) is 2.02. The number of hydrogen-bond donors (Lipinski definition) is 1. The molecule has 0 spiro atoms.